The van der Waals surface area contributed by atoms with Crippen LogP contribution in [-0.4, -0.2) is 54.1 Å². The van der Waals surface area contributed by atoms with Gasteiger partial charge < -0.3 is 24.1 Å². The number of aliphatic hydroxyl groups is 1. The third-order valence-electron chi connectivity index (χ3n) is 14.2. The topological polar surface area (TPSA) is 125 Å². The smallest absolute Gasteiger partial charge is 0.315 e. The van der Waals surface area contributed by atoms with Crippen LogP contribution < -0.4 is 0 Å². The Balaban J connectivity index is 1.43. The van der Waals surface area contributed by atoms with Crippen molar-refractivity contribution in [2.45, 2.75) is 132 Å². The van der Waals surface area contributed by atoms with Gasteiger partial charge in [0.05, 0.1) is 22.3 Å². The standard InChI is InChI=1S/C36H56O9/c1-21(37)42-19-35-18-17-34(10)25(36(35,41)27(35)28(39)43-20-44-29(40)30(3,4)5)12-11-24-32(8)15-14-26(45-22(2)38)31(6,7)23(32)13-16-33(24,34)9/h23-27,41H,11-20H2,1-10H3/t23-,24+,25-,26-,27?,32-,33+,34+,35+,36?/m0/s1. The molecule has 0 saturated heterocycles. The fourth-order valence-corrected chi connectivity index (χ4v) is 11.8. The highest BCUT2D eigenvalue weighted by Gasteiger charge is 2.88. The third-order valence-corrected chi connectivity index (χ3v) is 14.2. The molecule has 0 aromatic rings. The molecule has 0 amide bonds. The highest BCUT2D eigenvalue weighted by Crippen LogP contribution is 2.82. The van der Waals surface area contributed by atoms with Crippen molar-refractivity contribution in [2.24, 2.45) is 56.2 Å². The summed E-state index contributed by atoms with van der Waals surface area (Å²) in [6.45, 7) is 19.2. The van der Waals surface area contributed by atoms with Gasteiger partial charge in [-0.1, -0.05) is 34.6 Å². The van der Waals surface area contributed by atoms with Gasteiger partial charge in [-0.3, -0.25) is 19.2 Å². The van der Waals surface area contributed by atoms with Crippen molar-refractivity contribution in [2.75, 3.05) is 13.4 Å². The van der Waals surface area contributed by atoms with E-state index in [4.69, 9.17) is 18.9 Å². The predicted molar refractivity (Wildman–Crippen MR) is 165 cm³/mol. The fraction of sp³-hybridized carbons (Fsp3) is 0.889. The summed E-state index contributed by atoms with van der Waals surface area (Å²) in [4.78, 5) is 49.9. The Hall–Kier alpha value is -2.16. The Kier molecular flexibility index (Phi) is 8.11. The van der Waals surface area contributed by atoms with E-state index in [1.807, 2.05) is 0 Å². The van der Waals surface area contributed by atoms with Crippen molar-refractivity contribution in [3.05, 3.63) is 0 Å². The first kappa shape index (κ1) is 34.2. The van der Waals surface area contributed by atoms with Gasteiger partial charge in [-0.05, 0) is 106 Å². The summed E-state index contributed by atoms with van der Waals surface area (Å²) in [5.41, 5.74) is -3.51. The van der Waals surface area contributed by atoms with Gasteiger partial charge in [0.25, 0.3) is 0 Å². The monoisotopic (exact) mass is 632 g/mol. The number of fused-ring (bicyclic) bond motifs is 7. The minimum atomic E-state index is -1.39. The molecule has 0 aliphatic heterocycles. The number of hydrogen-bond donors (Lipinski definition) is 1. The molecule has 45 heavy (non-hydrogen) atoms. The van der Waals surface area contributed by atoms with Gasteiger partial charge in [0.2, 0.25) is 6.79 Å². The van der Waals surface area contributed by atoms with Crippen LogP contribution in [0, 0.1) is 56.2 Å². The molecular formula is C36H56O9. The molecule has 5 fully saturated rings. The average molecular weight is 633 g/mol. The summed E-state index contributed by atoms with van der Waals surface area (Å²) in [7, 11) is 0. The zero-order valence-electron chi connectivity index (χ0n) is 29.2. The first-order valence-electron chi connectivity index (χ1n) is 17.0. The van der Waals surface area contributed by atoms with Gasteiger partial charge >= 0.3 is 23.9 Å². The fourth-order valence-electron chi connectivity index (χ4n) is 11.8. The SMILES string of the molecule is CC(=O)OC[C@@]12CC[C@]3(C)[C@H](CC[C@@H]4[C@@]5(C)CC[C@H](OC(C)=O)C(C)(C)[C@@H]5CC[C@]43C)C1(O)C2C(=O)OCOC(=O)C(C)(C)C. The minimum absolute atomic E-state index is 0.0430. The number of esters is 4. The summed E-state index contributed by atoms with van der Waals surface area (Å²) in [5, 5.41) is 12.7. The molecule has 2 unspecified atom stereocenters. The quantitative estimate of drug-likeness (QED) is 0.214. The summed E-state index contributed by atoms with van der Waals surface area (Å²) >= 11 is 0. The van der Waals surface area contributed by atoms with Crippen LogP contribution in [0.4, 0.5) is 0 Å². The van der Waals surface area contributed by atoms with E-state index in [0.717, 1.165) is 44.9 Å². The van der Waals surface area contributed by atoms with E-state index in [-0.39, 0.29) is 46.3 Å². The molecule has 1 N–H and O–H groups in total. The molecule has 0 aromatic heterocycles. The van der Waals surface area contributed by atoms with Crippen LogP contribution in [0.2, 0.25) is 0 Å². The molecule has 9 heteroatoms. The molecule has 0 aromatic carbocycles. The largest absolute Gasteiger partial charge is 0.465 e. The van der Waals surface area contributed by atoms with E-state index in [0.29, 0.717) is 18.3 Å². The molecule has 0 spiro atoms. The number of rotatable bonds is 6. The lowest BCUT2D eigenvalue weighted by Gasteiger charge is -2.71. The normalized spacial score (nSPS) is 44.6. The Bertz CT molecular complexity index is 1250. The van der Waals surface area contributed by atoms with Crippen molar-refractivity contribution in [1.29, 1.82) is 0 Å². The molecule has 0 radical (unpaired) electrons. The van der Waals surface area contributed by atoms with Crippen molar-refractivity contribution in [1.82, 2.24) is 0 Å². The molecular weight excluding hydrogens is 576 g/mol. The molecule has 5 aliphatic rings. The highest BCUT2D eigenvalue weighted by molar-refractivity contribution is 5.81. The van der Waals surface area contributed by atoms with Crippen molar-refractivity contribution in [3.63, 3.8) is 0 Å². The van der Waals surface area contributed by atoms with E-state index in [1.165, 1.54) is 13.8 Å². The van der Waals surface area contributed by atoms with E-state index in [1.54, 1.807) is 20.8 Å². The first-order valence-corrected chi connectivity index (χ1v) is 17.0. The van der Waals surface area contributed by atoms with Crippen molar-refractivity contribution >= 4 is 23.9 Å². The highest BCUT2D eigenvalue weighted by atomic mass is 16.7. The van der Waals surface area contributed by atoms with E-state index in [2.05, 4.69) is 34.6 Å². The van der Waals surface area contributed by atoms with Gasteiger partial charge in [-0.15, -0.1) is 0 Å². The summed E-state index contributed by atoms with van der Waals surface area (Å²) in [6.07, 6.45) is 6.76. The van der Waals surface area contributed by atoms with Crippen molar-refractivity contribution in [3.8, 4) is 0 Å². The Morgan fingerprint density at radius 3 is 1.96 bits per heavy atom. The summed E-state index contributed by atoms with van der Waals surface area (Å²) < 4.78 is 22.1. The number of carbonyl (C=O) groups excluding carboxylic acids is 4. The van der Waals surface area contributed by atoms with Gasteiger partial charge in [0.1, 0.15) is 12.7 Å². The number of carbonyl (C=O) groups is 4. The molecule has 0 heterocycles. The second-order valence-corrected chi connectivity index (χ2v) is 17.5. The number of hydrogen-bond acceptors (Lipinski definition) is 9. The molecule has 254 valence electrons. The van der Waals surface area contributed by atoms with Gasteiger partial charge in [-0.2, -0.15) is 0 Å². The molecule has 0 bridgehead atoms. The van der Waals surface area contributed by atoms with Crippen LogP contribution in [0.1, 0.15) is 121 Å². The molecule has 5 saturated carbocycles. The van der Waals surface area contributed by atoms with Crippen LogP contribution >= 0.6 is 0 Å². The molecule has 5 rings (SSSR count). The lowest BCUT2D eigenvalue weighted by Crippen LogP contribution is -2.67. The summed E-state index contributed by atoms with van der Waals surface area (Å²) in [6, 6.07) is 0. The van der Waals surface area contributed by atoms with E-state index >= 15 is 0 Å². The molecule has 10 atom stereocenters. The van der Waals surface area contributed by atoms with E-state index in [9.17, 15) is 24.3 Å². The Morgan fingerprint density at radius 1 is 0.733 bits per heavy atom. The maximum atomic E-state index is 13.7. The van der Waals surface area contributed by atoms with Crippen LogP contribution in [0.3, 0.4) is 0 Å². The lowest BCUT2D eigenvalue weighted by atomic mass is 9.33. The van der Waals surface area contributed by atoms with Gasteiger partial charge in [0, 0.05) is 19.3 Å². The summed E-state index contributed by atoms with van der Waals surface area (Å²) in [5.74, 6) is -2.00. The molecule has 5 aliphatic carbocycles. The number of ether oxygens (including phenoxy) is 4. The van der Waals surface area contributed by atoms with Crippen molar-refractivity contribution < 1.29 is 43.2 Å². The Morgan fingerprint density at radius 2 is 1.36 bits per heavy atom. The lowest BCUT2D eigenvalue weighted by molar-refractivity contribution is -0.252. The zero-order chi connectivity index (χ0) is 33.6. The maximum Gasteiger partial charge on any atom is 0.315 e. The van der Waals surface area contributed by atoms with Crippen LogP contribution in [-0.2, 0) is 38.1 Å². The van der Waals surface area contributed by atoms with E-state index < -0.39 is 47.0 Å². The zero-order valence-corrected chi connectivity index (χ0v) is 29.2. The Labute approximate surface area is 268 Å². The molecule has 9 nitrogen and oxygen atoms in total. The maximum absolute atomic E-state index is 13.7. The predicted octanol–water partition coefficient (Wildman–Crippen LogP) is 5.99. The second-order valence-electron chi connectivity index (χ2n) is 17.5. The first-order chi connectivity index (χ1) is 20.6. The third kappa shape index (κ3) is 4.78. The van der Waals surface area contributed by atoms with Gasteiger partial charge in [0.15, 0.2) is 0 Å². The van der Waals surface area contributed by atoms with Crippen LogP contribution in [0.15, 0.2) is 0 Å². The van der Waals surface area contributed by atoms with Crippen LogP contribution in [0.25, 0.3) is 0 Å². The van der Waals surface area contributed by atoms with Crippen LogP contribution in [0.5, 0.6) is 0 Å². The minimum Gasteiger partial charge on any atom is -0.465 e. The average Bonchev–Trinajstić information content (AvgIpc) is 3.48. The second kappa shape index (κ2) is 10.7. The van der Waals surface area contributed by atoms with Gasteiger partial charge in [-0.25, -0.2) is 0 Å².